The number of hydrogen-bond donors (Lipinski definition) is 1. The Morgan fingerprint density at radius 1 is 1.32 bits per heavy atom. The Morgan fingerprint density at radius 2 is 2.05 bits per heavy atom. The third-order valence-electron chi connectivity index (χ3n) is 3.43. The van der Waals surface area contributed by atoms with Gasteiger partial charge in [0.05, 0.1) is 5.52 Å². The Hall–Kier alpha value is -1.84. The van der Waals surface area contributed by atoms with Crippen LogP contribution in [-0.4, -0.2) is 16.5 Å². The van der Waals surface area contributed by atoms with Gasteiger partial charge in [0.25, 0.3) is 0 Å². The van der Waals surface area contributed by atoms with Crippen molar-refractivity contribution in [1.29, 1.82) is 0 Å². The smallest absolute Gasteiger partial charge is 0.240 e. The first kappa shape index (κ1) is 13.6. The summed E-state index contributed by atoms with van der Waals surface area (Å²) in [5, 5.41) is 3.53. The molecule has 0 aliphatic rings. The summed E-state index contributed by atoms with van der Waals surface area (Å²) in [6, 6.07) is 6.83. The molecule has 1 aromatic carbocycles. The molecule has 0 spiro atoms. The van der Waals surface area contributed by atoms with E-state index in [9.17, 15) is 9.18 Å². The SMILES string of the molecule is CCC(CC)NC(=O)Cn1ccc2c(F)cccc21. The van der Waals surface area contributed by atoms with Crippen LogP contribution in [0.4, 0.5) is 4.39 Å². The zero-order valence-electron chi connectivity index (χ0n) is 11.3. The summed E-state index contributed by atoms with van der Waals surface area (Å²) < 4.78 is 15.3. The van der Waals surface area contributed by atoms with Crippen molar-refractivity contribution in [3.05, 3.63) is 36.3 Å². The predicted octanol–water partition coefficient (Wildman–Crippen LogP) is 3.09. The predicted molar refractivity (Wildman–Crippen MR) is 74.4 cm³/mol. The molecule has 4 heteroatoms. The molecule has 0 unspecified atom stereocenters. The highest BCUT2D eigenvalue weighted by Gasteiger charge is 2.11. The highest BCUT2D eigenvalue weighted by Crippen LogP contribution is 2.18. The summed E-state index contributed by atoms with van der Waals surface area (Å²) in [4.78, 5) is 11.9. The van der Waals surface area contributed by atoms with Gasteiger partial charge in [0.2, 0.25) is 5.91 Å². The first-order chi connectivity index (χ1) is 9.15. The van der Waals surface area contributed by atoms with E-state index in [4.69, 9.17) is 0 Å². The van der Waals surface area contributed by atoms with E-state index in [1.807, 2.05) is 6.07 Å². The Labute approximate surface area is 112 Å². The number of halogens is 1. The Balaban J connectivity index is 2.13. The van der Waals surface area contributed by atoms with E-state index in [2.05, 4.69) is 19.2 Å². The second-order valence-corrected chi connectivity index (χ2v) is 4.70. The van der Waals surface area contributed by atoms with Crippen LogP contribution in [0.15, 0.2) is 30.5 Å². The van der Waals surface area contributed by atoms with Crippen LogP contribution in [-0.2, 0) is 11.3 Å². The minimum Gasteiger partial charge on any atom is -0.352 e. The quantitative estimate of drug-likeness (QED) is 0.882. The number of hydrogen-bond acceptors (Lipinski definition) is 1. The molecule has 0 saturated heterocycles. The van der Waals surface area contributed by atoms with Gasteiger partial charge in [-0.3, -0.25) is 4.79 Å². The minimum atomic E-state index is -0.253. The highest BCUT2D eigenvalue weighted by molar-refractivity contribution is 5.83. The van der Waals surface area contributed by atoms with E-state index in [-0.39, 0.29) is 24.3 Å². The largest absolute Gasteiger partial charge is 0.352 e. The van der Waals surface area contributed by atoms with E-state index in [1.54, 1.807) is 22.9 Å². The van der Waals surface area contributed by atoms with Gasteiger partial charge >= 0.3 is 0 Å². The summed E-state index contributed by atoms with van der Waals surface area (Å²) in [5.41, 5.74) is 0.750. The van der Waals surface area contributed by atoms with Gasteiger partial charge in [-0.15, -0.1) is 0 Å². The summed E-state index contributed by atoms with van der Waals surface area (Å²) in [5.74, 6) is -0.285. The zero-order chi connectivity index (χ0) is 13.8. The molecule has 1 N–H and O–H groups in total. The molecular weight excluding hydrogens is 243 g/mol. The number of carbonyl (C=O) groups is 1. The fraction of sp³-hybridized carbons (Fsp3) is 0.400. The van der Waals surface area contributed by atoms with E-state index in [0.717, 1.165) is 18.4 Å². The van der Waals surface area contributed by atoms with E-state index >= 15 is 0 Å². The van der Waals surface area contributed by atoms with Crippen molar-refractivity contribution in [1.82, 2.24) is 9.88 Å². The third kappa shape index (κ3) is 2.95. The number of rotatable bonds is 5. The van der Waals surface area contributed by atoms with Crippen molar-refractivity contribution in [3.8, 4) is 0 Å². The first-order valence-electron chi connectivity index (χ1n) is 6.68. The molecule has 1 aromatic heterocycles. The number of benzene rings is 1. The molecule has 0 radical (unpaired) electrons. The van der Waals surface area contributed by atoms with Gasteiger partial charge in [0.15, 0.2) is 0 Å². The van der Waals surface area contributed by atoms with Crippen LogP contribution in [0.3, 0.4) is 0 Å². The van der Waals surface area contributed by atoms with Gasteiger partial charge in [-0.1, -0.05) is 19.9 Å². The first-order valence-corrected chi connectivity index (χ1v) is 6.68. The van der Waals surface area contributed by atoms with Crippen molar-refractivity contribution >= 4 is 16.8 Å². The van der Waals surface area contributed by atoms with Crippen LogP contribution in [0.25, 0.3) is 10.9 Å². The maximum atomic E-state index is 13.5. The fourth-order valence-corrected chi connectivity index (χ4v) is 2.24. The lowest BCUT2D eigenvalue weighted by atomic mass is 10.2. The third-order valence-corrected chi connectivity index (χ3v) is 3.43. The summed E-state index contributed by atoms with van der Waals surface area (Å²) >= 11 is 0. The van der Waals surface area contributed by atoms with Crippen LogP contribution in [0.1, 0.15) is 26.7 Å². The molecule has 2 aromatic rings. The summed E-state index contributed by atoms with van der Waals surface area (Å²) in [7, 11) is 0. The minimum absolute atomic E-state index is 0.0320. The van der Waals surface area contributed by atoms with E-state index in [0.29, 0.717) is 5.39 Å². The van der Waals surface area contributed by atoms with Gasteiger partial charge in [0.1, 0.15) is 12.4 Å². The molecule has 19 heavy (non-hydrogen) atoms. The molecule has 0 atom stereocenters. The standard InChI is InChI=1S/C15H19FN2O/c1-3-11(4-2)17-15(19)10-18-9-8-12-13(16)6-5-7-14(12)18/h5-9,11H,3-4,10H2,1-2H3,(H,17,19). The molecular formula is C15H19FN2O. The number of fused-ring (bicyclic) bond motifs is 1. The van der Waals surface area contributed by atoms with Gasteiger partial charge < -0.3 is 9.88 Å². The monoisotopic (exact) mass is 262 g/mol. The molecule has 0 aliphatic heterocycles. The number of aromatic nitrogens is 1. The van der Waals surface area contributed by atoms with Gasteiger partial charge in [-0.25, -0.2) is 4.39 Å². The van der Waals surface area contributed by atoms with E-state index in [1.165, 1.54) is 6.07 Å². The topological polar surface area (TPSA) is 34.0 Å². The van der Waals surface area contributed by atoms with Crippen molar-refractivity contribution in [2.45, 2.75) is 39.3 Å². The summed E-state index contributed by atoms with van der Waals surface area (Å²) in [6.07, 6.45) is 3.59. The maximum Gasteiger partial charge on any atom is 0.240 e. The number of amides is 1. The van der Waals surface area contributed by atoms with Crippen LogP contribution in [0, 0.1) is 5.82 Å². The molecule has 102 valence electrons. The average molecular weight is 262 g/mol. The zero-order valence-corrected chi connectivity index (χ0v) is 11.3. The van der Waals surface area contributed by atoms with Crippen molar-refractivity contribution in [2.24, 2.45) is 0 Å². The normalized spacial score (nSPS) is 11.2. The molecule has 1 amide bonds. The summed E-state index contributed by atoms with van der Waals surface area (Å²) in [6.45, 7) is 4.33. The molecule has 2 rings (SSSR count). The fourth-order valence-electron chi connectivity index (χ4n) is 2.24. The van der Waals surface area contributed by atoms with E-state index < -0.39 is 0 Å². The Morgan fingerprint density at radius 3 is 2.74 bits per heavy atom. The highest BCUT2D eigenvalue weighted by atomic mass is 19.1. The Bertz CT molecular complexity index is 573. The molecule has 0 bridgehead atoms. The van der Waals surface area contributed by atoms with Crippen LogP contribution < -0.4 is 5.32 Å². The molecule has 3 nitrogen and oxygen atoms in total. The van der Waals surface area contributed by atoms with Crippen LogP contribution in [0.2, 0.25) is 0 Å². The molecule has 0 fully saturated rings. The molecule has 0 aliphatic carbocycles. The number of nitrogens with zero attached hydrogens (tertiary/aromatic N) is 1. The number of nitrogens with one attached hydrogen (secondary N) is 1. The average Bonchev–Trinajstić information content (AvgIpc) is 2.81. The second-order valence-electron chi connectivity index (χ2n) is 4.70. The van der Waals surface area contributed by atoms with Crippen LogP contribution in [0.5, 0.6) is 0 Å². The lowest BCUT2D eigenvalue weighted by molar-refractivity contribution is -0.122. The van der Waals surface area contributed by atoms with Crippen LogP contribution >= 0.6 is 0 Å². The van der Waals surface area contributed by atoms with Crippen molar-refractivity contribution < 1.29 is 9.18 Å². The number of carbonyl (C=O) groups excluding carboxylic acids is 1. The van der Waals surface area contributed by atoms with Gasteiger partial charge in [0, 0.05) is 17.6 Å². The van der Waals surface area contributed by atoms with Gasteiger partial charge in [-0.05, 0) is 31.0 Å². The van der Waals surface area contributed by atoms with Crippen molar-refractivity contribution in [3.63, 3.8) is 0 Å². The van der Waals surface area contributed by atoms with Crippen molar-refractivity contribution in [2.75, 3.05) is 0 Å². The Kier molecular flexibility index (Phi) is 4.20. The second kappa shape index (κ2) is 5.87. The maximum absolute atomic E-state index is 13.5. The molecule has 0 saturated carbocycles. The van der Waals surface area contributed by atoms with Gasteiger partial charge in [-0.2, -0.15) is 0 Å². The molecule has 1 heterocycles. The lowest BCUT2D eigenvalue weighted by Gasteiger charge is -2.15. The lowest BCUT2D eigenvalue weighted by Crippen LogP contribution is -2.36.